The lowest BCUT2D eigenvalue weighted by Gasteiger charge is -2.19. The lowest BCUT2D eigenvalue weighted by molar-refractivity contribution is -0.124. The number of aryl methyl sites for hydroxylation is 2. The fraction of sp³-hybridized carbons (Fsp3) is 0.269. The van der Waals surface area contributed by atoms with Crippen molar-refractivity contribution in [3.63, 3.8) is 0 Å². The van der Waals surface area contributed by atoms with Crippen LogP contribution in [0.5, 0.6) is 0 Å². The van der Waals surface area contributed by atoms with Gasteiger partial charge in [-0.1, -0.05) is 78.3 Å². The monoisotopic (exact) mass is 444 g/mol. The normalized spacial score (nSPS) is 12.1. The molecular weight excluding hydrogens is 416 g/mol. The number of pyridine rings is 1. The van der Waals surface area contributed by atoms with E-state index < -0.39 is 0 Å². The summed E-state index contributed by atoms with van der Waals surface area (Å²) in [7, 11) is 0. The van der Waals surface area contributed by atoms with Crippen molar-refractivity contribution in [3.8, 4) is 0 Å². The molecule has 0 spiro atoms. The second kappa shape index (κ2) is 10.0. The Bertz CT molecular complexity index is 1220. The molecule has 2 aromatic carbocycles. The van der Waals surface area contributed by atoms with E-state index in [1.54, 1.807) is 18.0 Å². The van der Waals surface area contributed by atoms with E-state index in [4.69, 9.17) is 4.98 Å². The lowest BCUT2D eigenvalue weighted by atomic mass is 10.1. The standard InChI is InChI=1S/C26H28N4OS/c1-4-23(25(31)28-16-20-12-10-18(2)11-13-20)30-24-22(9-6-14-27-24)29-26(30)32-17-21-8-5-7-19(3)15-21/h5-15,23H,4,16-17H2,1-3H3,(H,28,31). The summed E-state index contributed by atoms with van der Waals surface area (Å²) in [6.45, 7) is 6.68. The van der Waals surface area contributed by atoms with E-state index in [0.29, 0.717) is 13.0 Å². The molecule has 2 aromatic heterocycles. The molecule has 1 unspecified atom stereocenters. The molecule has 32 heavy (non-hydrogen) atoms. The number of rotatable bonds is 8. The highest BCUT2D eigenvalue weighted by molar-refractivity contribution is 7.98. The van der Waals surface area contributed by atoms with Crippen LogP contribution in [-0.2, 0) is 17.1 Å². The first-order chi connectivity index (χ1) is 15.5. The molecule has 4 aromatic rings. The number of fused-ring (bicyclic) bond motifs is 1. The van der Waals surface area contributed by atoms with Crippen LogP contribution in [0.2, 0.25) is 0 Å². The number of carbonyl (C=O) groups excluding carboxylic acids is 1. The maximum absolute atomic E-state index is 13.2. The van der Waals surface area contributed by atoms with Crippen LogP contribution in [-0.4, -0.2) is 20.4 Å². The fourth-order valence-electron chi connectivity index (χ4n) is 3.74. The number of carbonyl (C=O) groups is 1. The van der Waals surface area contributed by atoms with Crippen molar-refractivity contribution in [2.75, 3.05) is 0 Å². The first kappa shape index (κ1) is 22.1. The Balaban J connectivity index is 1.59. The van der Waals surface area contributed by atoms with Gasteiger partial charge in [0.25, 0.3) is 0 Å². The SMILES string of the molecule is CCC(C(=O)NCc1ccc(C)cc1)n1c(SCc2cccc(C)c2)nc2cccnc21. The van der Waals surface area contributed by atoms with Crippen LogP contribution in [0.25, 0.3) is 11.2 Å². The maximum Gasteiger partial charge on any atom is 0.243 e. The number of hydrogen-bond acceptors (Lipinski definition) is 4. The van der Waals surface area contributed by atoms with Gasteiger partial charge in [-0.05, 0) is 43.5 Å². The highest BCUT2D eigenvalue weighted by atomic mass is 32.2. The zero-order chi connectivity index (χ0) is 22.5. The summed E-state index contributed by atoms with van der Waals surface area (Å²) in [4.78, 5) is 22.6. The van der Waals surface area contributed by atoms with Crippen molar-refractivity contribution in [1.82, 2.24) is 19.9 Å². The molecule has 0 saturated heterocycles. The molecule has 164 valence electrons. The molecule has 1 N–H and O–H groups in total. The predicted molar refractivity (Wildman–Crippen MR) is 131 cm³/mol. The Morgan fingerprint density at radius 3 is 2.59 bits per heavy atom. The van der Waals surface area contributed by atoms with E-state index in [1.165, 1.54) is 16.7 Å². The Morgan fingerprint density at radius 1 is 1.03 bits per heavy atom. The van der Waals surface area contributed by atoms with Crippen molar-refractivity contribution < 1.29 is 4.79 Å². The van der Waals surface area contributed by atoms with Crippen LogP contribution in [0.1, 0.15) is 41.6 Å². The molecule has 2 heterocycles. The van der Waals surface area contributed by atoms with Gasteiger partial charge in [-0.25, -0.2) is 9.97 Å². The molecule has 1 atom stereocenters. The topological polar surface area (TPSA) is 59.8 Å². The Kier molecular flexibility index (Phi) is 6.90. The van der Waals surface area contributed by atoms with Crippen LogP contribution in [0.4, 0.5) is 0 Å². The van der Waals surface area contributed by atoms with E-state index in [9.17, 15) is 4.79 Å². The number of thioether (sulfide) groups is 1. The van der Waals surface area contributed by atoms with Crippen molar-refractivity contribution >= 4 is 28.8 Å². The van der Waals surface area contributed by atoms with Crippen LogP contribution in [0.3, 0.4) is 0 Å². The van der Waals surface area contributed by atoms with Crippen molar-refractivity contribution in [1.29, 1.82) is 0 Å². The number of hydrogen-bond donors (Lipinski definition) is 1. The maximum atomic E-state index is 13.2. The molecule has 5 nitrogen and oxygen atoms in total. The van der Waals surface area contributed by atoms with E-state index >= 15 is 0 Å². The Morgan fingerprint density at radius 2 is 1.84 bits per heavy atom. The van der Waals surface area contributed by atoms with Gasteiger partial charge in [0.05, 0.1) is 0 Å². The minimum Gasteiger partial charge on any atom is -0.350 e. The quantitative estimate of drug-likeness (QED) is 0.359. The van der Waals surface area contributed by atoms with E-state index in [2.05, 4.69) is 60.5 Å². The second-order valence-electron chi connectivity index (χ2n) is 8.02. The fourth-order valence-corrected chi connectivity index (χ4v) is 4.73. The van der Waals surface area contributed by atoms with Crippen molar-refractivity contribution in [2.24, 2.45) is 0 Å². The molecule has 0 saturated carbocycles. The molecule has 0 aliphatic heterocycles. The van der Waals surface area contributed by atoms with Crippen LogP contribution >= 0.6 is 11.8 Å². The third-order valence-electron chi connectivity index (χ3n) is 5.46. The molecule has 0 fully saturated rings. The smallest absolute Gasteiger partial charge is 0.243 e. The van der Waals surface area contributed by atoms with Gasteiger partial charge in [0.2, 0.25) is 5.91 Å². The number of amides is 1. The van der Waals surface area contributed by atoms with Gasteiger partial charge in [-0.3, -0.25) is 9.36 Å². The highest BCUT2D eigenvalue weighted by Crippen LogP contribution is 2.30. The van der Waals surface area contributed by atoms with Gasteiger partial charge in [-0.15, -0.1) is 0 Å². The van der Waals surface area contributed by atoms with Gasteiger partial charge < -0.3 is 5.32 Å². The predicted octanol–water partition coefficient (Wildman–Crippen LogP) is 5.61. The average molecular weight is 445 g/mol. The van der Waals surface area contributed by atoms with Crippen molar-refractivity contribution in [2.45, 2.75) is 50.7 Å². The summed E-state index contributed by atoms with van der Waals surface area (Å²) in [5.41, 5.74) is 6.32. The Labute approximate surface area is 193 Å². The van der Waals surface area contributed by atoms with Crippen molar-refractivity contribution in [3.05, 3.63) is 89.1 Å². The molecule has 0 bridgehead atoms. The zero-order valence-electron chi connectivity index (χ0n) is 18.7. The Hall–Kier alpha value is -3.12. The lowest BCUT2D eigenvalue weighted by Crippen LogP contribution is -2.32. The number of nitrogens with one attached hydrogen (secondary N) is 1. The van der Waals surface area contributed by atoms with Crippen LogP contribution < -0.4 is 5.32 Å². The third kappa shape index (κ3) is 5.02. The number of imidazole rings is 1. The van der Waals surface area contributed by atoms with Gasteiger partial charge in [-0.2, -0.15) is 0 Å². The second-order valence-corrected chi connectivity index (χ2v) is 8.96. The summed E-state index contributed by atoms with van der Waals surface area (Å²) in [6.07, 6.45) is 2.41. The average Bonchev–Trinajstić information content (AvgIpc) is 3.16. The first-order valence-electron chi connectivity index (χ1n) is 10.9. The summed E-state index contributed by atoms with van der Waals surface area (Å²) in [5.74, 6) is 0.766. The number of nitrogens with zero attached hydrogens (tertiary/aromatic N) is 3. The van der Waals surface area contributed by atoms with E-state index in [1.807, 2.05) is 35.8 Å². The molecule has 1 amide bonds. The van der Waals surface area contributed by atoms with Gasteiger partial charge in [0.15, 0.2) is 10.8 Å². The molecule has 6 heteroatoms. The minimum atomic E-state index is -0.375. The zero-order valence-corrected chi connectivity index (χ0v) is 19.5. The molecule has 0 radical (unpaired) electrons. The van der Waals surface area contributed by atoms with Gasteiger partial charge in [0.1, 0.15) is 11.6 Å². The summed E-state index contributed by atoms with van der Waals surface area (Å²) in [5, 5.41) is 3.92. The first-order valence-corrected chi connectivity index (χ1v) is 11.9. The van der Waals surface area contributed by atoms with E-state index in [-0.39, 0.29) is 11.9 Å². The molecule has 0 aliphatic carbocycles. The minimum absolute atomic E-state index is 0.0181. The largest absolute Gasteiger partial charge is 0.350 e. The van der Waals surface area contributed by atoms with Gasteiger partial charge in [0, 0.05) is 18.5 Å². The van der Waals surface area contributed by atoms with Gasteiger partial charge >= 0.3 is 0 Å². The highest BCUT2D eigenvalue weighted by Gasteiger charge is 2.25. The number of benzene rings is 2. The number of aromatic nitrogens is 3. The van der Waals surface area contributed by atoms with Crippen LogP contribution in [0.15, 0.2) is 72.0 Å². The van der Waals surface area contributed by atoms with Crippen LogP contribution in [0, 0.1) is 13.8 Å². The third-order valence-corrected chi connectivity index (χ3v) is 6.48. The summed E-state index contributed by atoms with van der Waals surface area (Å²) in [6, 6.07) is 20.2. The summed E-state index contributed by atoms with van der Waals surface area (Å²) >= 11 is 1.64. The molecular formula is C26H28N4OS. The summed E-state index contributed by atoms with van der Waals surface area (Å²) < 4.78 is 2.00. The van der Waals surface area contributed by atoms with E-state index in [0.717, 1.165) is 27.6 Å². The molecule has 4 rings (SSSR count). The molecule has 0 aliphatic rings.